The molecule has 3 heteroatoms. The van der Waals surface area contributed by atoms with Crippen LogP contribution in [0.4, 0.5) is 0 Å². The summed E-state index contributed by atoms with van der Waals surface area (Å²) in [4.78, 5) is 0. The highest BCUT2D eigenvalue weighted by Gasteiger charge is 1.98. The predicted molar refractivity (Wildman–Crippen MR) is 70.8 cm³/mol. The molecule has 88 valence electrons. The molecule has 0 bridgehead atoms. The summed E-state index contributed by atoms with van der Waals surface area (Å²) >= 11 is 3.42. The Bertz CT molecular complexity index is 497. The van der Waals surface area contributed by atoms with Gasteiger partial charge in [-0.1, -0.05) is 40.2 Å². The monoisotopic (exact) mass is 292 g/mol. The van der Waals surface area contributed by atoms with Gasteiger partial charge in [-0.2, -0.15) is 0 Å². The Hall–Kier alpha value is -1.32. The summed E-state index contributed by atoms with van der Waals surface area (Å²) in [6.07, 6.45) is 0. The van der Waals surface area contributed by atoms with Gasteiger partial charge in [-0.3, -0.25) is 0 Å². The molecule has 2 rings (SSSR count). The summed E-state index contributed by atoms with van der Waals surface area (Å²) in [7, 11) is 0. The van der Waals surface area contributed by atoms with Crippen LogP contribution in [0.1, 0.15) is 11.1 Å². The molecule has 0 fully saturated rings. The van der Waals surface area contributed by atoms with E-state index < -0.39 is 0 Å². The fraction of sp³-hybridized carbons (Fsp3) is 0.143. The topological polar surface area (TPSA) is 29.5 Å². The van der Waals surface area contributed by atoms with E-state index in [-0.39, 0.29) is 6.61 Å². The van der Waals surface area contributed by atoms with Crippen LogP contribution in [0.5, 0.6) is 5.75 Å². The first-order valence-electron chi connectivity index (χ1n) is 5.35. The second-order valence-electron chi connectivity index (χ2n) is 3.72. The van der Waals surface area contributed by atoms with E-state index in [1.165, 1.54) is 0 Å². The molecule has 0 aliphatic heterocycles. The number of aliphatic hydroxyl groups excluding tert-OH is 1. The van der Waals surface area contributed by atoms with Gasteiger partial charge >= 0.3 is 0 Å². The Balaban J connectivity index is 2.02. The SMILES string of the molecule is OCc1cccc(OCc2cccc(Br)c2)c1. The van der Waals surface area contributed by atoms with Gasteiger partial charge < -0.3 is 9.84 Å². The minimum absolute atomic E-state index is 0.0358. The molecule has 17 heavy (non-hydrogen) atoms. The van der Waals surface area contributed by atoms with Crippen LogP contribution in [0, 0.1) is 0 Å². The first-order valence-corrected chi connectivity index (χ1v) is 6.14. The second-order valence-corrected chi connectivity index (χ2v) is 4.64. The van der Waals surface area contributed by atoms with Gasteiger partial charge in [-0.25, -0.2) is 0 Å². The van der Waals surface area contributed by atoms with Gasteiger partial charge in [0.05, 0.1) is 6.61 Å². The zero-order valence-corrected chi connectivity index (χ0v) is 10.9. The smallest absolute Gasteiger partial charge is 0.120 e. The molecule has 0 aliphatic carbocycles. The van der Waals surface area contributed by atoms with Crippen LogP contribution in [0.15, 0.2) is 53.0 Å². The van der Waals surface area contributed by atoms with Crippen molar-refractivity contribution in [2.45, 2.75) is 13.2 Å². The van der Waals surface area contributed by atoms with Gasteiger partial charge in [0.1, 0.15) is 12.4 Å². The zero-order valence-electron chi connectivity index (χ0n) is 9.27. The molecule has 2 aromatic rings. The van der Waals surface area contributed by atoms with E-state index in [9.17, 15) is 0 Å². The Kier molecular flexibility index (Phi) is 4.18. The molecule has 0 saturated carbocycles. The van der Waals surface area contributed by atoms with Gasteiger partial charge in [-0.05, 0) is 35.4 Å². The number of ether oxygens (including phenoxy) is 1. The summed E-state index contributed by atoms with van der Waals surface area (Å²) in [6.45, 7) is 0.558. The molecule has 2 aromatic carbocycles. The standard InChI is InChI=1S/C14H13BrO2/c15-13-5-1-4-12(7-13)10-17-14-6-2-3-11(8-14)9-16/h1-8,16H,9-10H2. The van der Waals surface area contributed by atoms with E-state index in [2.05, 4.69) is 15.9 Å². The van der Waals surface area contributed by atoms with Crippen molar-refractivity contribution in [3.05, 3.63) is 64.1 Å². The molecular formula is C14H13BrO2. The highest BCUT2D eigenvalue weighted by atomic mass is 79.9. The predicted octanol–water partition coefficient (Wildman–Crippen LogP) is 3.52. The molecule has 0 radical (unpaired) electrons. The first kappa shape index (κ1) is 12.1. The Morgan fingerprint density at radius 2 is 1.76 bits per heavy atom. The van der Waals surface area contributed by atoms with Crippen molar-refractivity contribution in [2.75, 3.05) is 0 Å². The Labute approximate surface area is 109 Å². The van der Waals surface area contributed by atoms with E-state index in [0.29, 0.717) is 6.61 Å². The zero-order chi connectivity index (χ0) is 12.1. The second kappa shape index (κ2) is 5.84. The number of rotatable bonds is 4. The van der Waals surface area contributed by atoms with E-state index >= 15 is 0 Å². The molecule has 1 N–H and O–H groups in total. The Morgan fingerprint density at radius 1 is 1.00 bits per heavy atom. The van der Waals surface area contributed by atoms with Crippen LogP contribution in [0.2, 0.25) is 0 Å². The van der Waals surface area contributed by atoms with Crippen molar-refractivity contribution >= 4 is 15.9 Å². The van der Waals surface area contributed by atoms with Gasteiger partial charge in [0.25, 0.3) is 0 Å². The molecule has 0 amide bonds. The highest BCUT2D eigenvalue weighted by molar-refractivity contribution is 9.10. The summed E-state index contributed by atoms with van der Waals surface area (Å²) in [5, 5.41) is 9.02. The number of benzene rings is 2. The van der Waals surface area contributed by atoms with E-state index in [1.54, 1.807) is 0 Å². The average molecular weight is 293 g/mol. The maximum atomic E-state index is 9.02. The molecular weight excluding hydrogens is 280 g/mol. The number of halogens is 1. The summed E-state index contributed by atoms with van der Waals surface area (Å²) in [5.41, 5.74) is 1.96. The van der Waals surface area contributed by atoms with E-state index in [0.717, 1.165) is 21.3 Å². The third-order valence-corrected chi connectivity index (χ3v) is 2.87. The first-order chi connectivity index (χ1) is 8.28. The fourth-order valence-electron chi connectivity index (χ4n) is 1.53. The van der Waals surface area contributed by atoms with E-state index in [1.807, 2.05) is 48.5 Å². The quantitative estimate of drug-likeness (QED) is 0.934. The number of aliphatic hydroxyl groups is 1. The van der Waals surface area contributed by atoms with Crippen LogP contribution in [-0.2, 0) is 13.2 Å². The largest absolute Gasteiger partial charge is 0.489 e. The number of hydrogen-bond donors (Lipinski definition) is 1. The molecule has 0 aliphatic rings. The summed E-state index contributed by atoms with van der Waals surface area (Å²) < 4.78 is 6.70. The molecule has 0 spiro atoms. The third-order valence-electron chi connectivity index (χ3n) is 2.38. The average Bonchev–Trinajstić information content (AvgIpc) is 2.37. The summed E-state index contributed by atoms with van der Waals surface area (Å²) in [5.74, 6) is 0.775. The molecule has 0 aromatic heterocycles. The molecule has 0 unspecified atom stereocenters. The van der Waals surface area contributed by atoms with Crippen molar-refractivity contribution in [3.63, 3.8) is 0 Å². The van der Waals surface area contributed by atoms with Crippen LogP contribution < -0.4 is 4.74 Å². The highest BCUT2D eigenvalue weighted by Crippen LogP contribution is 2.17. The lowest BCUT2D eigenvalue weighted by atomic mass is 10.2. The number of hydrogen-bond acceptors (Lipinski definition) is 2. The van der Waals surface area contributed by atoms with Gasteiger partial charge in [0.15, 0.2) is 0 Å². The molecule has 0 atom stereocenters. The van der Waals surface area contributed by atoms with Crippen LogP contribution in [-0.4, -0.2) is 5.11 Å². The maximum absolute atomic E-state index is 9.02. The maximum Gasteiger partial charge on any atom is 0.120 e. The van der Waals surface area contributed by atoms with Crippen molar-refractivity contribution < 1.29 is 9.84 Å². The molecule has 0 heterocycles. The summed E-state index contributed by atoms with van der Waals surface area (Å²) in [6, 6.07) is 15.5. The molecule has 2 nitrogen and oxygen atoms in total. The van der Waals surface area contributed by atoms with Crippen molar-refractivity contribution in [1.82, 2.24) is 0 Å². The van der Waals surface area contributed by atoms with Crippen LogP contribution in [0.3, 0.4) is 0 Å². The van der Waals surface area contributed by atoms with E-state index in [4.69, 9.17) is 9.84 Å². The van der Waals surface area contributed by atoms with Crippen molar-refractivity contribution in [3.8, 4) is 5.75 Å². The Morgan fingerprint density at radius 3 is 2.53 bits per heavy atom. The van der Waals surface area contributed by atoms with Gasteiger partial charge in [-0.15, -0.1) is 0 Å². The lowest BCUT2D eigenvalue weighted by Crippen LogP contribution is -1.96. The molecule has 0 saturated heterocycles. The minimum Gasteiger partial charge on any atom is -0.489 e. The van der Waals surface area contributed by atoms with Crippen LogP contribution in [0.25, 0.3) is 0 Å². The van der Waals surface area contributed by atoms with Crippen molar-refractivity contribution in [1.29, 1.82) is 0 Å². The van der Waals surface area contributed by atoms with Crippen LogP contribution >= 0.6 is 15.9 Å². The normalized spacial score (nSPS) is 10.2. The van der Waals surface area contributed by atoms with Crippen molar-refractivity contribution in [2.24, 2.45) is 0 Å². The lowest BCUT2D eigenvalue weighted by Gasteiger charge is -2.07. The van der Waals surface area contributed by atoms with Gasteiger partial charge in [0.2, 0.25) is 0 Å². The van der Waals surface area contributed by atoms with Gasteiger partial charge in [0, 0.05) is 4.47 Å². The lowest BCUT2D eigenvalue weighted by molar-refractivity contribution is 0.278. The minimum atomic E-state index is 0.0358. The fourth-order valence-corrected chi connectivity index (χ4v) is 1.97. The third kappa shape index (κ3) is 3.58.